The van der Waals surface area contributed by atoms with E-state index in [-0.39, 0.29) is 5.91 Å². The van der Waals surface area contributed by atoms with Gasteiger partial charge in [0.2, 0.25) is 5.95 Å². The highest BCUT2D eigenvalue weighted by atomic mass is 16.1. The van der Waals surface area contributed by atoms with Crippen LogP contribution in [0.1, 0.15) is 27.2 Å². The molecular formula is C21H22N4O. The van der Waals surface area contributed by atoms with Crippen molar-refractivity contribution in [3.8, 4) is 0 Å². The van der Waals surface area contributed by atoms with Crippen LogP contribution in [-0.4, -0.2) is 22.4 Å². The van der Waals surface area contributed by atoms with Crippen LogP contribution in [0.3, 0.4) is 0 Å². The van der Waals surface area contributed by atoms with Crippen LogP contribution in [0, 0.1) is 6.92 Å². The summed E-state index contributed by atoms with van der Waals surface area (Å²) in [7, 11) is 0. The lowest BCUT2D eigenvalue weighted by atomic mass is 10.1. The fourth-order valence-corrected chi connectivity index (χ4v) is 2.51. The summed E-state index contributed by atoms with van der Waals surface area (Å²) in [4.78, 5) is 20.7. The molecule has 2 N–H and O–H groups in total. The van der Waals surface area contributed by atoms with E-state index in [1.807, 2.05) is 30.3 Å². The molecule has 0 aliphatic heterocycles. The van der Waals surface area contributed by atoms with E-state index in [1.54, 1.807) is 12.3 Å². The molecule has 3 aromatic rings. The van der Waals surface area contributed by atoms with Crippen molar-refractivity contribution >= 4 is 11.9 Å². The first kappa shape index (κ1) is 17.6. The highest BCUT2D eigenvalue weighted by Gasteiger charge is 2.08. The number of benzene rings is 2. The van der Waals surface area contributed by atoms with Crippen molar-refractivity contribution in [2.24, 2.45) is 0 Å². The molecule has 0 aliphatic rings. The molecule has 0 aliphatic carbocycles. The number of aryl methyl sites for hydroxylation is 1. The first-order valence-electron chi connectivity index (χ1n) is 8.65. The lowest BCUT2D eigenvalue weighted by Crippen LogP contribution is -2.26. The van der Waals surface area contributed by atoms with Crippen LogP contribution < -0.4 is 10.6 Å². The van der Waals surface area contributed by atoms with E-state index in [4.69, 9.17) is 0 Å². The number of rotatable bonds is 7. The molecule has 1 aromatic heterocycles. The predicted octanol–water partition coefficient (Wildman–Crippen LogP) is 3.37. The summed E-state index contributed by atoms with van der Waals surface area (Å²) in [6.45, 7) is 3.23. The summed E-state index contributed by atoms with van der Waals surface area (Å²) in [5.74, 6) is 0.253. The summed E-state index contributed by atoms with van der Waals surface area (Å²) in [5.41, 5.74) is 3.91. The molecule has 0 saturated carbocycles. The summed E-state index contributed by atoms with van der Waals surface area (Å²) in [6.07, 6.45) is 2.38. The van der Waals surface area contributed by atoms with Gasteiger partial charge < -0.3 is 10.6 Å². The SMILES string of the molecule is Cc1ccc(CNc2nccc(C(=O)NCCc3ccccc3)n2)cc1. The number of nitrogens with one attached hydrogen (secondary N) is 2. The Morgan fingerprint density at radius 1 is 0.962 bits per heavy atom. The van der Waals surface area contributed by atoms with Gasteiger partial charge >= 0.3 is 0 Å². The smallest absolute Gasteiger partial charge is 0.270 e. The van der Waals surface area contributed by atoms with Gasteiger partial charge in [0.1, 0.15) is 5.69 Å². The normalized spacial score (nSPS) is 10.3. The third-order valence-electron chi connectivity index (χ3n) is 4.00. The van der Waals surface area contributed by atoms with Crippen LogP contribution in [-0.2, 0) is 13.0 Å². The van der Waals surface area contributed by atoms with Crippen molar-refractivity contribution < 1.29 is 4.79 Å². The van der Waals surface area contributed by atoms with Gasteiger partial charge in [0.15, 0.2) is 0 Å². The number of carbonyl (C=O) groups is 1. The second-order valence-corrected chi connectivity index (χ2v) is 6.10. The van der Waals surface area contributed by atoms with E-state index in [9.17, 15) is 4.79 Å². The maximum absolute atomic E-state index is 12.3. The summed E-state index contributed by atoms with van der Waals surface area (Å²) in [5, 5.41) is 6.05. The van der Waals surface area contributed by atoms with E-state index in [0.29, 0.717) is 24.7 Å². The predicted molar refractivity (Wildman–Crippen MR) is 103 cm³/mol. The van der Waals surface area contributed by atoms with Crippen LogP contribution in [0.4, 0.5) is 5.95 Å². The lowest BCUT2D eigenvalue weighted by Gasteiger charge is -2.08. The molecule has 3 rings (SSSR count). The Kier molecular flexibility index (Phi) is 5.93. The van der Waals surface area contributed by atoms with E-state index >= 15 is 0 Å². The standard InChI is InChI=1S/C21H22N4O/c1-16-7-9-18(10-8-16)15-24-21-23-14-12-19(25-21)20(26)22-13-11-17-5-3-2-4-6-17/h2-10,12,14H,11,13,15H2,1H3,(H,22,26)(H,23,24,25). The van der Waals surface area contributed by atoms with E-state index in [0.717, 1.165) is 12.0 Å². The van der Waals surface area contributed by atoms with Gasteiger partial charge in [-0.15, -0.1) is 0 Å². The zero-order valence-corrected chi connectivity index (χ0v) is 14.8. The summed E-state index contributed by atoms with van der Waals surface area (Å²) >= 11 is 0. The number of nitrogens with zero attached hydrogens (tertiary/aromatic N) is 2. The van der Waals surface area contributed by atoms with Crippen molar-refractivity contribution in [2.45, 2.75) is 19.9 Å². The van der Waals surface area contributed by atoms with Gasteiger partial charge in [-0.3, -0.25) is 4.79 Å². The zero-order chi connectivity index (χ0) is 18.2. The molecule has 1 heterocycles. The highest BCUT2D eigenvalue weighted by molar-refractivity contribution is 5.92. The topological polar surface area (TPSA) is 66.9 Å². The van der Waals surface area contributed by atoms with Gasteiger partial charge in [0.05, 0.1) is 0 Å². The van der Waals surface area contributed by atoms with Gasteiger partial charge in [-0.25, -0.2) is 9.97 Å². The maximum atomic E-state index is 12.3. The maximum Gasteiger partial charge on any atom is 0.270 e. The molecule has 0 unspecified atom stereocenters. The summed E-state index contributed by atoms with van der Waals surface area (Å²) in [6, 6.07) is 19.9. The van der Waals surface area contributed by atoms with Crippen molar-refractivity contribution in [1.29, 1.82) is 0 Å². The molecule has 26 heavy (non-hydrogen) atoms. The fourth-order valence-electron chi connectivity index (χ4n) is 2.51. The van der Waals surface area contributed by atoms with Gasteiger partial charge in [-0.05, 0) is 30.5 Å². The minimum absolute atomic E-state index is 0.193. The number of hydrogen-bond donors (Lipinski definition) is 2. The van der Waals surface area contributed by atoms with Crippen LogP contribution in [0.5, 0.6) is 0 Å². The van der Waals surface area contributed by atoms with E-state index < -0.39 is 0 Å². The average molecular weight is 346 g/mol. The van der Waals surface area contributed by atoms with Gasteiger partial charge in [-0.1, -0.05) is 60.2 Å². The Bertz CT molecular complexity index is 847. The summed E-state index contributed by atoms with van der Waals surface area (Å²) < 4.78 is 0. The highest BCUT2D eigenvalue weighted by Crippen LogP contribution is 2.07. The van der Waals surface area contributed by atoms with Crippen molar-refractivity contribution in [1.82, 2.24) is 15.3 Å². The van der Waals surface area contributed by atoms with Crippen LogP contribution >= 0.6 is 0 Å². The zero-order valence-electron chi connectivity index (χ0n) is 14.8. The molecule has 2 aromatic carbocycles. The Morgan fingerprint density at radius 2 is 1.73 bits per heavy atom. The van der Waals surface area contributed by atoms with Crippen LogP contribution in [0.25, 0.3) is 0 Å². The molecule has 0 saturated heterocycles. The Hall–Kier alpha value is -3.21. The third-order valence-corrected chi connectivity index (χ3v) is 4.00. The molecule has 5 nitrogen and oxygen atoms in total. The number of carbonyl (C=O) groups excluding carboxylic acids is 1. The molecule has 132 valence electrons. The average Bonchev–Trinajstić information content (AvgIpc) is 2.68. The van der Waals surface area contributed by atoms with E-state index in [2.05, 4.69) is 51.8 Å². The number of hydrogen-bond acceptors (Lipinski definition) is 4. The second-order valence-electron chi connectivity index (χ2n) is 6.10. The minimum Gasteiger partial charge on any atom is -0.350 e. The van der Waals surface area contributed by atoms with Gasteiger partial charge in [-0.2, -0.15) is 0 Å². The lowest BCUT2D eigenvalue weighted by molar-refractivity contribution is 0.0949. The second kappa shape index (κ2) is 8.76. The number of anilines is 1. The largest absolute Gasteiger partial charge is 0.350 e. The van der Waals surface area contributed by atoms with Crippen LogP contribution in [0.15, 0.2) is 66.9 Å². The van der Waals surface area contributed by atoms with Gasteiger partial charge in [0, 0.05) is 19.3 Å². The first-order valence-corrected chi connectivity index (χ1v) is 8.65. The first-order chi connectivity index (χ1) is 12.7. The molecule has 0 bridgehead atoms. The number of aromatic nitrogens is 2. The molecule has 5 heteroatoms. The molecule has 0 spiro atoms. The minimum atomic E-state index is -0.193. The molecular weight excluding hydrogens is 324 g/mol. The van der Waals surface area contributed by atoms with E-state index in [1.165, 1.54) is 11.1 Å². The molecule has 0 fully saturated rings. The fraction of sp³-hybridized carbons (Fsp3) is 0.190. The third kappa shape index (κ3) is 5.14. The van der Waals surface area contributed by atoms with Crippen molar-refractivity contribution in [3.05, 3.63) is 89.2 Å². The Balaban J connectivity index is 1.52. The van der Waals surface area contributed by atoms with Crippen LogP contribution in [0.2, 0.25) is 0 Å². The molecule has 0 radical (unpaired) electrons. The monoisotopic (exact) mass is 346 g/mol. The Morgan fingerprint density at radius 3 is 2.50 bits per heavy atom. The van der Waals surface area contributed by atoms with Crippen molar-refractivity contribution in [2.75, 3.05) is 11.9 Å². The van der Waals surface area contributed by atoms with Crippen molar-refractivity contribution in [3.63, 3.8) is 0 Å². The van der Waals surface area contributed by atoms with Gasteiger partial charge in [0.25, 0.3) is 5.91 Å². The Labute approximate surface area is 153 Å². The molecule has 0 atom stereocenters. The number of amides is 1. The molecule has 1 amide bonds. The quantitative estimate of drug-likeness (QED) is 0.688.